The number of pyridine rings is 1. The normalized spacial score (nSPS) is 12.9. The highest BCUT2D eigenvalue weighted by Gasteiger charge is 2.37. The van der Waals surface area contributed by atoms with Crippen LogP contribution in [0.15, 0.2) is 42.6 Å². The molecule has 2 aromatic carbocycles. The smallest absolute Gasteiger partial charge is 0.200 e. The molecule has 1 heterocycles. The molecule has 166 valence electrons. The highest BCUT2D eigenvalue weighted by molar-refractivity contribution is 6.92. The predicted molar refractivity (Wildman–Crippen MR) is 140 cm³/mol. The van der Waals surface area contributed by atoms with Crippen molar-refractivity contribution in [2.24, 2.45) is 7.05 Å². The van der Waals surface area contributed by atoms with E-state index < -0.39 is 8.07 Å². The van der Waals surface area contributed by atoms with E-state index in [1.165, 1.54) is 38.7 Å². The summed E-state index contributed by atoms with van der Waals surface area (Å²) < 4.78 is 2.31. The van der Waals surface area contributed by atoms with E-state index in [4.69, 9.17) is 0 Å². The third kappa shape index (κ3) is 4.24. The second kappa shape index (κ2) is 8.20. The number of hydrogen-bond donors (Lipinski definition) is 0. The first-order valence-electron chi connectivity index (χ1n) is 11.8. The van der Waals surface area contributed by atoms with Crippen LogP contribution in [0.5, 0.6) is 0 Å². The first-order chi connectivity index (χ1) is 14.3. The summed E-state index contributed by atoms with van der Waals surface area (Å²) in [5.74, 6) is 1.03. The van der Waals surface area contributed by atoms with Crippen LogP contribution < -0.4 is 9.75 Å². The van der Waals surface area contributed by atoms with Crippen LogP contribution in [0.25, 0.3) is 22.0 Å². The van der Waals surface area contributed by atoms with Gasteiger partial charge in [0.05, 0.1) is 19.0 Å². The molecule has 0 spiro atoms. The van der Waals surface area contributed by atoms with Crippen molar-refractivity contribution >= 4 is 24.0 Å². The topological polar surface area (TPSA) is 3.88 Å². The molecule has 3 aromatic rings. The SMILES string of the molecule is Cc1c(-c2c3ccc([Si](C)(C)C(C)(C)C)cc3cc[n+]2C)cc(C(C)C)cc1C(C)C. The lowest BCUT2D eigenvalue weighted by Gasteiger charge is -2.37. The van der Waals surface area contributed by atoms with Gasteiger partial charge in [0.2, 0.25) is 5.69 Å². The molecule has 3 rings (SSSR count). The zero-order valence-electron chi connectivity index (χ0n) is 21.6. The minimum absolute atomic E-state index is 0.331. The minimum atomic E-state index is -1.57. The van der Waals surface area contributed by atoms with E-state index in [1.807, 2.05) is 0 Å². The summed E-state index contributed by atoms with van der Waals surface area (Å²) in [4.78, 5) is 0. The number of fused-ring (bicyclic) bond motifs is 1. The molecule has 0 unspecified atom stereocenters. The fraction of sp³-hybridized carbons (Fsp3) is 0.483. The summed E-state index contributed by atoms with van der Waals surface area (Å²) in [6, 6.07) is 14.4. The van der Waals surface area contributed by atoms with Gasteiger partial charge in [-0.25, -0.2) is 4.57 Å². The van der Waals surface area contributed by atoms with Crippen LogP contribution in [0.2, 0.25) is 18.1 Å². The maximum absolute atomic E-state index is 2.50. The predicted octanol–water partition coefficient (Wildman–Crippen LogP) is 7.60. The van der Waals surface area contributed by atoms with Crippen molar-refractivity contribution in [2.75, 3.05) is 0 Å². The molecule has 1 nitrogen and oxygen atoms in total. The van der Waals surface area contributed by atoms with Gasteiger partial charge in [-0.1, -0.05) is 84.9 Å². The van der Waals surface area contributed by atoms with Crippen LogP contribution in [-0.4, -0.2) is 8.07 Å². The third-order valence-corrected chi connectivity index (χ3v) is 13.3. The number of hydrogen-bond acceptors (Lipinski definition) is 0. The van der Waals surface area contributed by atoms with Gasteiger partial charge in [-0.2, -0.15) is 0 Å². The molecule has 1 aromatic heterocycles. The maximum atomic E-state index is 2.50. The Hall–Kier alpha value is -1.93. The van der Waals surface area contributed by atoms with Gasteiger partial charge in [-0.05, 0) is 58.0 Å². The highest BCUT2D eigenvalue weighted by Crippen LogP contribution is 2.38. The van der Waals surface area contributed by atoms with Crippen molar-refractivity contribution in [2.45, 2.75) is 85.4 Å². The summed E-state index contributed by atoms with van der Waals surface area (Å²) in [6.07, 6.45) is 2.24. The Labute approximate surface area is 191 Å². The number of benzene rings is 2. The quantitative estimate of drug-likeness (QED) is 0.295. The molecule has 0 atom stereocenters. The second-order valence-corrected chi connectivity index (χ2v) is 16.9. The first kappa shape index (κ1) is 23.7. The molecule has 0 fully saturated rings. The van der Waals surface area contributed by atoms with E-state index in [1.54, 1.807) is 5.19 Å². The Morgan fingerprint density at radius 2 is 1.52 bits per heavy atom. The van der Waals surface area contributed by atoms with Gasteiger partial charge in [0, 0.05) is 6.07 Å². The van der Waals surface area contributed by atoms with Gasteiger partial charge < -0.3 is 0 Å². The third-order valence-electron chi connectivity index (χ3n) is 7.75. The Morgan fingerprint density at radius 3 is 2.06 bits per heavy atom. The van der Waals surface area contributed by atoms with Crippen LogP contribution in [-0.2, 0) is 7.05 Å². The van der Waals surface area contributed by atoms with Gasteiger partial charge in [-0.15, -0.1) is 0 Å². The molecule has 31 heavy (non-hydrogen) atoms. The summed E-state index contributed by atoms with van der Waals surface area (Å²) >= 11 is 0. The highest BCUT2D eigenvalue weighted by atomic mass is 28.3. The molecule has 0 radical (unpaired) electrons. The fourth-order valence-corrected chi connectivity index (χ4v) is 6.35. The lowest BCUT2D eigenvalue weighted by atomic mass is 9.86. The molecule has 0 N–H and O–H groups in total. The lowest BCUT2D eigenvalue weighted by Crippen LogP contribution is -2.49. The van der Waals surface area contributed by atoms with E-state index in [9.17, 15) is 0 Å². The average molecular weight is 433 g/mol. The average Bonchev–Trinajstić information content (AvgIpc) is 2.66. The van der Waals surface area contributed by atoms with Crippen LogP contribution in [0, 0.1) is 6.92 Å². The largest absolute Gasteiger partial charge is 0.220 e. The molecule has 0 amide bonds. The van der Waals surface area contributed by atoms with Gasteiger partial charge in [0.15, 0.2) is 6.20 Å². The van der Waals surface area contributed by atoms with Crippen molar-refractivity contribution in [3.05, 3.63) is 59.3 Å². The van der Waals surface area contributed by atoms with Gasteiger partial charge in [-0.3, -0.25) is 0 Å². The van der Waals surface area contributed by atoms with Crippen molar-refractivity contribution in [1.29, 1.82) is 0 Å². The van der Waals surface area contributed by atoms with Crippen LogP contribution in [0.1, 0.15) is 77.0 Å². The zero-order valence-corrected chi connectivity index (χ0v) is 22.6. The number of nitrogens with zero attached hydrogens (tertiary/aromatic N) is 1. The van der Waals surface area contributed by atoms with Gasteiger partial charge >= 0.3 is 0 Å². The molecule has 2 heteroatoms. The van der Waals surface area contributed by atoms with E-state index in [-0.39, 0.29) is 0 Å². The molecule has 0 bridgehead atoms. The van der Waals surface area contributed by atoms with Gasteiger partial charge in [0.1, 0.15) is 7.05 Å². The number of rotatable bonds is 4. The summed E-state index contributed by atoms with van der Waals surface area (Å²) in [5, 5.41) is 4.59. The van der Waals surface area contributed by atoms with Crippen LogP contribution >= 0.6 is 0 Å². The Morgan fingerprint density at radius 1 is 0.871 bits per heavy atom. The fourth-order valence-electron chi connectivity index (χ4n) is 4.47. The minimum Gasteiger partial charge on any atom is -0.200 e. The van der Waals surface area contributed by atoms with E-state index in [2.05, 4.69) is 123 Å². The summed E-state index contributed by atoms with van der Waals surface area (Å²) in [7, 11) is 0.614. The van der Waals surface area contributed by atoms with Gasteiger partial charge in [0.25, 0.3) is 0 Å². The second-order valence-electron chi connectivity index (χ2n) is 11.5. The lowest BCUT2D eigenvalue weighted by molar-refractivity contribution is -0.659. The molecule has 0 saturated carbocycles. The molecular weight excluding hydrogens is 390 g/mol. The zero-order chi connectivity index (χ0) is 23.3. The molecular formula is C29H42NSi+. The summed E-state index contributed by atoms with van der Waals surface area (Å²) in [5.41, 5.74) is 7.02. The van der Waals surface area contributed by atoms with Crippen molar-refractivity contribution in [3.8, 4) is 11.3 Å². The van der Waals surface area contributed by atoms with Crippen LogP contribution in [0.3, 0.4) is 0 Å². The van der Waals surface area contributed by atoms with E-state index in [0.29, 0.717) is 16.9 Å². The van der Waals surface area contributed by atoms with E-state index in [0.717, 1.165) is 0 Å². The molecule has 0 aliphatic rings. The molecule has 0 aliphatic heterocycles. The van der Waals surface area contributed by atoms with Crippen molar-refractivity contribution in [3.63, 3.8) is 0 Å². The first-order valence-corrected chi connectivity index (χ1v) is 14.8. The molecule has 0 aliphatic carbocycles. The standard InChI is InChI=1S/C29H42NSi/c1-19(2)23-17-26(20(3)4)21(5)27(18-23)28-25-13-12-24(31(10,11)29(6,7)8)16-22(25)14-15-30(28)9/h12-20H,1-11H3/q+1. The van der Waals surface area contributed by atoms with Crippen molar-refractivity contribution < 1.29 is 4.57 Å². The Balaban J connectivity index is 2.33. The van der Waals surface area contributed by atoms with Crippen LogP contribution in [0.4, 0.5) is 0 Å². The number of aryl methyl sites for hydroxylation is 1. The summed E-state index contributed by atoms with van der Waals surface area (Å²) in [6.45, 7) is 23.7. The van der Waals surface area contributed by atoms with E-state index >= 15 is 0 Å². The maximum Gasteiger partial charge on any atom is 0.220 e. The van der Waals surface area contributed by atoms with Crippen molar-refractivity contribution in [1.82, 2.24) is 0 Å². The number of aromatic nitrogens is 1. The molecule has 0 saturated heterocycles. The monoisotopic (exact) mass is 432 g/mol. The Kier molecular flexibility index (Phi) is 6.28. The Bertz CT molecular complexity index is 1110.